The van der Waals surface area contributed by atoms with E-state index in [-0.39, 0.29) is 5.91 Å². The van der Waals surface area contributed by atoms with Crippen LogP contribution in [0.3, 0.4) is 0 Å². The fourth-order valence-electron chi connectivity index (χ4n) is 1.81. The molecule has 3 rings (SSSR count). The van der Waals surface area contributed by atoms with Crippen LogP contribution in [0.1, 0.15) is 10.5 Å². The van der Waals surface area contributed by atoms with Gasteiger partial charge in [0.25, 0.3) is 5.91 Å². The lowest BCUT2D eigenvalue weighted by atomic mass is 10.2. The van der Waals surface area contributed by atoms with Crippen LogP contribution in [0.25, 0.3) is 10.9 Å². The molecule has 0 saturated heterocycles. The summed E-state index contributed by atoms with van der Waals surface area (Å²) in [4.78, 5) is 15.1. The molecule has 2 heterocycles. The number of nitrogens with zero attached hydrogens (tertiary/aromatic N) is 2. The van der Waals surface area contributed by atoms with E-state index in [9.17, 15) is 4.79 Å². The van der Waals surface area contributed by atoms with E-state index in [0.717, 1.165) is 16.7 Å². The number of benzene rings is 1. The molecular formula is C11H8N2O2. The molecule has 0 aliphatic carbocycles. The molecule has 1 aromatic carbocycles. The van der Waals surface area contributed by atoms with E-state index in [2.05, 4.69) is 4.99 Å². The maximum Gasteiger partial charge on any atom is 0.295 e. The molecule has 4 heteroatoms. The van der Waals surface area contributed by atoms with Gasteiger partial charge in [-0.15, -0.1) is 0 Å². The van der Waals surface area contributed by atoms with Gasteiger partial charge >= 0.3 is 0 Å². The number of rotatable bonds is 1. The van der Waals surface area contributed by atoms with Crippen LogP contribution >= 0.6 is 0 Å². The molecule has 0 spiro atoms. The van der Waals surface area contributed by atoms with Crippen LogP contribution in [-0.4, -0.2) is 23.9 Å². The largest absolute Gasteiger partial charge is 0.497 e. The standard InChI is InChI=1S/C11H8N2O2/c1-15-8-2-3-9-7(4-8)5-10-11(14)12-6-13(9)10/h2-6H,1H3. The van der Waals surface area contributed by atoms with Gasteiger partial charge in [0.2, 0.25) is 0 Å². The summed E-state index contributed by atoms with van der Waals surface area (Å²) in [6.45, 7) is 0. The number of amides is 1. The third kappa shape index (κ3) is 1.01. The van der Waals surface area contributed by atoms with Crippen molar-refractivity contribution < 1.29 is 9.53 Å². The van der Waals surface area contributed by atoms with Gasteiger partial charge in [0.1, 0.15) is 17.8 Å². The molecule has 74 valence electrons. The number of aliphatic imine (C=N–C) groups is 1. The molecule has 4 nitrogen and oxygen atoms in total. The maximum atomic E-state index is 11.3. The Bertz CT molecular complexity index is 596. The zero-order valence-corrected chi connectivity index (χ0v) is 8.10. The highest BCUT2D eigenvalue weighted by Gasteiger charge is 2.18. The van der Waals surface area contributed by atoms with Crippen molar-refractivity contribution in [3.8, 4) is 5.75 Å². The van der Waals surface area contributed by atoms with Crippen LogP contribution in [-0.2, 0) is 0 Å². The molecule has 0 radical (unpaired) electrons. The van der Waals surface area contributed by atoms with Gasteiger partial charge in [0.05, 0.1) is 12.6 Å². The van der Waals surface area contributed by atoms with Gasteiger partial charge in [-0.1, -0.05) is 0 Å². The molecule has 1 aliphatic rings. The average molecular weight is 200 g/mol. The molecule has 0 fully saturated rings. The maximum absolute atomic E-state index is 11.3. The van der Waals surface area contributed by atoms with E-state index >= 15 is 0 Å². The lowest BCUT2D eigenvalue weighted by Crippen LogP contribution is -1.94. The Kier molecular flexibility index (Phi) is 1.48. The van der Waals surface area contributed by atoms with E-state index in [0.29, 0.717) is 5.69 Å². The van der Waals surface area contributed by atoms with Crippen molar-refractivity contribution in [3.05, 3.63) is 30.0 Å². The Balaban J connectivity index is 2.34. The van der Waals surface area contributed by atoms with Gasteiger partial charge in [0.15, 0.2) is 0 Å². The Labute approximate surface area is 85.8 Å². The molecular weight excluding hydrogens is 192 g/mol. The van der Waals surface area contributed by atoms with Crippen molar-refractivity contribution in [2.45, 2.75) is 0 Å². The molecule has 0 atom stereocenters. The van der Waals surface area contributed by atoms with Gasteiger partial charge in [-0.05, 0) is 24.3 Å². The van der Waals surface area contributed by atoms with Crippen molar-refractivity contribution in [2.75, 3.05) is 7.11 Å². The van der Waals surface area contributed by atoms with Crippen molar-refractivity contribution in [1.29, 1.82) is 0 Å². The van der Waals surface area contributed by atoms with Crippen LogP contribution in [0.2, 0.25) is 0 Å². The number of ether oxygens (including phenoxy) is 1. The van der Waals surface area contributed by atoms with Gasteiger partial charge in [-0.3, -0.25) is 9.36 Å². The number of carbonyl (C=O) groups is 1. The summed E-state index contributed by atoms with van der Waals surface area (Å²) < 4.78 is 6.91. The minimum atomic E-state index is -0.190. The monoisotopic (exact) mass is 200 g/mol. The molecule has 0 saturated carbocycles. The minimum absolute atomic E-state index is 0.190. The van der Waals surface area contributed by atoms with E-state index in [1.54, 1.807) is 18.0 Å². The molecule has 2 aromatic rings. The second-order valence-corrected chi connectivity index (χ2v) is 3.37. The minimum Gasteiger partial charge on any atom is -0.497 e. The lowest BCUT2D eigenvalue weighted by molar-refractivity contribution is 0.100. The van der Waals surface area contributed by atoms with Gasteiger partial charge in [-0.2, -0.15) is 4.99 Å². The van der Waals surface area contributed by atoms with Crippen LogP contribution in [0.5, 0.6) is 5.75 Å². The summed E-state index contributed by atoms with van der Waals surface area (Å²) in [6, 6.07) is 7.52. The zero-order chi connectivity index (χ0) is 10.4. The average Bonchev–Trinajstić information content (AvgIpc) is 2.78. The first-order valence-corrected chi connectivity index (χ1v) is 4.57. The fourth-order valence-corrected chi connectivity index (χ4v) is 1.81. The number of fused-ring (bicyclic) bond motifs is 3. The summed E-state index contributed by atoms with van der Waals surface area (Å²) in [5.41, 5.74) is 1.58. The van der Waals surface area contributed by atoms with E-state index < -0.39 is 0 Å². The van der Waals surface area contributed by atoms with Gasteiger partial charge < -0.3 is 4.74 Å². The summed E-state index contributed by atoms with van der Waals surface area (Å²) in [5.74, 6) is 0.598. The molecule has 1 aliphatic heterocycles. The molecule has 0 bridgehead atoms. The van der Waals surface area contributed by atoms with Crippen molar-refractivity contribution in [2.24, 2.45) is 4.99 Å². The van der Waals surface area contributed by atoms with Crippen molar-refractivity contribution in [1.82, 2.24) is 4.57 Å². The van der Waals surface area contributed by atoms with Crippen LogP contribution in [0, 0.1) is 0 Å². The van der Waals surface area contributed by atoms with Gasteiger partial charge in [-0.25, -0.2) is 0 Å². The predicted octanol–water partition coefficient (Wildman–Crippen LogP) is 1.68. The Morgan fingerprint density at radius 2 is 2.20 bits per heavy atom. The fraction of sp³-hybridized carbons (Fsp3) is 0.0909. The molecule has 1 aromatic heterocycles. The topological polar surface area (TPSA) is 43.6 Å². The Morgan fingerprint density at radius 1 is 1.33 bits per heavy atom. The zero-order valence-electron chi connectivity index (χ0n) is 8.10. The molecule has 1 amide bonds. The van der Waals surface area contributed by atoms with Crippen molar-refractivity contribution in [3.63, 3.8) is 0 Å². The smallest absolute Gasteiger partial charge is 0.295 e. The number of aromatic nitrogens is 1. The lowest BCUT2D eigenvalue weighted by Gasteiger charge is -1.99. The molecule has 0 unspecified atom stereocenters. The Hall–Kier alpha value is -2.10. The highest BCUT2D eigenvalue weighted by molar-refractivity contribution is 6.09. The summed E-state index contributed by atoms with van der Waals surface area (Å²) >= 11 is 0. The summed E-state index contributed by atoms with van der Waals surface area (Å²) in [5, 5.41) is 0.990. The first-order valence-electron chi connectivity index (χ1n) is 4.57. The van der Waals surface area contributed by atoms with E-state index in [1.807, 2.05) is 24.3 Å². The van der Waals surface area contributed by atoms with Crippen LogP contribution in [0.4, 0.5) is 0 Å². The highest BCUT2D eigenvalue weighted by Crippen LogP contribution is 2.25. The van der Waals surface area contributed by atoms with Crippen LogP contribution < -0.4 is 4.74 Å². The normalized spacial score (nSPS) is 13.5. The quantitative estimate of drug-likeness (QED) is 0.702. The van der Waals surface area contributed by atoms with E-state index in [4.69, 9.17) is 4.74 Å². The van der Waals surface area contributed by atoms with Gasteiger partial charge in [0, 0.05) is 5.39 Å². The SMILES string of the molecule is COc1ccc2c(c1)cc1n2C=NC1=O. The first kappa shape index (κ1) is 8.23. The van der Waals surface area contributed by atoms with Crippen LogP contribution in [0.15, 0.2) is 29.3 Å². The number of carbonyl (C=O) groups excluding carboxylic acids is 1. The third-order valence-electron chi connectivity index (χ3n) is 2.56. The second kappa shape index (κ2) is 2.70. The molecule has 15 heavy (non-hydrogen) atoms. The van der Waals surface area contributed by atoms with E-state index in [1.165, 1.54) is 0 Å². The first-order chi connectivity index (χ1) is 7.29. The summed E-state index contributed by atoms with van der Waals surface area (Å²) in [6.07, 6.45) is 1.55. The number of hydrogen-bond donors (Lipinski definition) is 0. The second-order valence-electron chi connectivity index (χ2n) is 3.37. The Morgan fingerprint density at radius 3 is 3.00 bits per heavy atom. The predicted molar refractivity (Wildman–Crippen MR) is 56.7 cm³/mol. The molecule has 0 N–H and O–H groups in total. The third-order valence-corrected chi connectivity index (χ3v) is 2.56. The van der Waals surface area contributed by atoms with Crippen molar-refractivity contribution >= 4 is 23.1 Å². The highest BCUT2D eigenvalue weighted by atomic mass is 16.5. The number of hydrogen-bond acceptors (Lipinski definition) is 2. The number of methoxy groups -OCH3 is 1. The summed E-state index contributed by atoms with van der Waals surface area (Å²) in [7, 11) is 1.62.